The molecule has 1 aliphatic rings. The summed E-state index contributed by atoms with van der Waals surface area (Å²) in [7, 11) is 0. The minimum atomic E-state index is -1.01. The van der Waals surface area contributed by atoms with Crippen molar-refractivity contribution in [2.75, 3.05) is 0 Å². The summed E-state index contributed by atoms with van der Waals surface area (Å²) >= 11 is 0. The van der Waals surface area contributed by atoms with E-state index in [2.05, 4.69) is 0 Å². The van der Waals surface area contributed by atoms with Crippen LogP contribution >= 0.6 is 0 Å². The summed E-state index contributed by atoms with van der Waals surface area (Å²) in [5.74, 6) is -1.69. The molecule has 5 nitrogen and oxygen atoms in total. The Morgan fingerprint density at radius 3 is 2.45 bits per heavy atom. The van der Waals surface area contributed by atoms with Gasteiger partial charge in [0.2, 0.25) is 5.79 Å². The van der Waals surface area contributed by atoms with E-state index in [0.29, 0.717) is 23.4 Å². The number of hydrogen-bond donors (Lipinski definition) is 0. The molecule has 4 aromatic rings. The van der Waals surface area contributed by atoms with Crippen LogP contribution in [-0.4, -0.2) is 21.3 Å². The fraction of sp³-hybridized carbons (Fsp3) is 0.259. The molecule has 5 rings (SSSR count). The molecule has 0 aliphatic carbocycles. The van der Waals surface area contributed by atoms with Crippen molar-refractivity contribution in [1.82, 2.24) is 9.55 Å². The number of halogens is 1. The Hall–Kier alpha value is -3.51. The molecule has 0 amide bonds. The largest absolute Gasteiger partial charge is 0.431 e. The summed E-state index contributed by atoms with van der Waals surface area (Å²) in [6, 6.07) is 16.8. The summed E-state index contributed by atoms with van der Waals surface area (Å²) in [4.78, 5) is 17.6. The Morgan fingerprint density at radius 2 is 1.79 bits per heavy atom. The maximum Gasteiger partial charge on any atom is 0.342 e. The Labute approximate surface area is 191 Å². The number of hydrogen-bond acceptors (Lipinski definition) is 4. The number of ether oxygens (including phenoxy) is 2. The second-order valence-electron chi connectivity index (χ2n) is 8.94. The van der Waals surface area contributed by atoms with Gasteiger partial charge in [-0.25, -0.2) is 14.2 Å². The molecular weight excluding hydrogens is 419 g/mol. The molecule has 6 heteroatoms. The van der Waals surface area contributed by atoms with Crippen molar-refractivity contribution in [2.24, 2.45) is 0 Å². The first-order chi connectivity index (χ1) is 15.7. The van der Waals surface area contributed by atoms with Crippen LogP contribution in [0.5, 0.6) is 0 Å². The molecule has 1 aliphatic heterocycles. The van der Waals surface area contributed by atoms with Crippen LogP contribution in [0, 0.1) is 19.7 Å². The van der Waals surface area contributed by atoms with Crippen molar-refractivity contribution in [3.8, 4) is 11.1 Å². The molecule has 2 aromatic carbocycles. The molecule has 2 aromatic heterocycles. The van der Waals surface area contributed by atoms with Crippen LogP contribution in [0.2, 0.25) is 0 Å². The lowest BCUT2D eigenvalue weighted by atomic mass is 9.92. The Bertz CT molecular complexity index is 1370. The lowest BCUT2D eigenvalue weighted by Crippen LogP contribution is -2.20. The van der Waals surface area contributed by atoms with Gasteiger partial charge < -0.3 is 14.0 Å². The van der Waals surface area contributed by atoms with Crippen LogP contribution in [0.15, 0.2) is 60.8 Å². The highest BCUT2D eigenvalue weighted by Gasteiger charge is 2.44. The molecule has 1 unspecified atom stereocenters. The Balaban J connectivity index is 1.73. The first kappa shape index (κ1) is 21.3. The SMILES string of the molecule is Cc1ccc(-c2c(C3OC(C)(C)OC3=O)c(C)nc3c2ccn3Cc2ccccc2F)cc1. The van der Waals surface area contributed by atoms with Crippen LogP contribution in [0.3, 0.4) is 0 Å². The molecule has 0 spiro atoms. The molecule has 3 heterocycles. The Morgan fingerprint density at radius 1 is 1.06 bits per heavy atom. The van der Waals surface area contributed by atoms with E-state index in [-0.39, 0.29) is 5.82 Å². The van der Waals surface area contributed by atoms with E-state index in [0.717, 1.165) is 27.7 Å². The zero-order chi connectivity index (χ0) is 23.3. The number of nitrogens with zero attached hydrogens (tertiary/aromatic N) is 2. The van der Waals surface area contributed by atoms with E-state index < -0.39 is 17.9 Å². The van der Waals surface area contributed by atoms with Crippen molar-refractivity contribution in [3.05, 3.63) is 89.0 Å². The van der Waals surface area contributed by atoms with Crippen LogP contribution in [0.25, 0.3) is 22.2 Å². The third-order valence-corrected chi connectivity index (χ3v) is 6.00. The third kappa shape index (κ3) is 3.80. The average Bonchev–Trinajstić information content (AvgIpc) is 3.28. The molecule has 0 radical (unpaired) electrons. The van der Waals surface area contributed by atoms with Gasteiger partial charge >= 0.3 is 5.97 Å². The fourth-order valence-corrected chi connectivity index (χ4v) is 4.45. The number of pyridine rings is 1. The summed E-state index contributed by atoms with van der Waals surface area (Å²) in [5, 5.41) is 0.872. The molecular formula is C27H25FN2O3. The molecule has 168 valence electrons. The number of fused-ring (bicyclic) bond motifs is 1. The van der Waals surface area contributed by atoms with E-state index in [1.807, 2.05) is 61.0 Å². The third-order valence-electron chi connectivity index (χ3n) is 6.00. The van der Waals surface area contributed by atoms with E-state index >= 15 is 0 Å². The summed E-state index contributed by atoms with van der Waals surface area (Å²) in [6.45, 7) is 7.70. The van der Waals surface area contributed by atoms with E-state index in [1.165, 1.54) is 6.07 Å². The van der Waals surface area contributed by atoms with E-state index in [1.54, 1.807) is 26.0 Å². The smallest absolute Gasteiger partial charge is 0.342 e. The molecule has 33 heavy (non-hydrogen) atoms. The number of rotatable bonds is 4. The minimum Gasteiger partial charge on any atom is -0.431 e. The van der Waals surface area contributed by atoms with Crippen molar-refractivity contribution >= 4 is 17.0 Å². The highest BCUT2D eigenvalue weighted by atomic mass is 19.1. The van der Waals surface area contributed by atoms with Crippen LogP contribution in [0.1, 0.15) is 42.3 Å². The van der Waals surface area contributed by atoms with Gasteiger partial charge in [0, 0.05) is 47.8 Å². The second-order valence-corrected chi connectivity index (χ2v) is 8.94. The van der Waals surface area contributed by atoms with Crippen LogP contribution in [-0.2, 0) is 20.8 Å². The lowest BCUT2D eigenvalue weighted by Gasteiger charge is -2.20. The van der Waals surface area contributed by atoms with Gasteiger partial charge in [0.15, 0.2) is 6.10 Å². The van der Waals surface area contributed by atoms with Crippen molar-refractivity contribution in [1.29, 1.82) is 0 Å². The zero-order valence-electron chi connectivity index (χ0n) is 19.1. The molecule has 1 fully saturated rings. The number of benzene rings is 2. The van der Waals surface area contributed by atoms with Crippen molar-refractivity contribution < 1.29 is 18.7 Å². The minimum absolute atomic E-state index is 0.254. The number of esters is 1. The van der Waals surface area contributed by atoms with Crippen LogP contribution in [0.4, 0.5) is 4.39 Å². The first-order valence-corrected chi connectivity index (χ1v) is 10.9. The van der Waals surface area contributed by atoms with Gasteiger partial charge in [0.05, 0.1) is 6.54 Å². The lowest BCUT2D eigenvalue weighted by molar-refractivity contribution is -0.160. The number of aryl methyl sites for hydroxylation is 2. The van der Waals surface area contributed by atoms with E-state index in [4.69, 9.17) is 14.5 Å². The second kappa shape index (κ2) is 7.81. The quantitative estimate of drug-likeness (QED) is 0.370. The van der Waals surface area contributed by atoms with Gasteiger partial charge in [0.1, 0.15) is 11.5 Å². The predicted octanol–water partition coefficient (Wildman–Crippen LogP) is 5.86. The average molecular weight is 445 g/mol. The summed E-state index contributed by atoms with van der Waals surface area (Å²) < 4.78 is 27.7. The maximum atomic E-state index is 14.3. The number of cyclic esters (lactones) is 1. The van der Waals surface area contributed by atoms with Gasteiger partial charge in [-0.05, 0) is 31.5 Å². The Kier molecular flexibility index (Phi) is 5.05. The standard InChI is InChI=1S/C27H25FN2O3/c1-16-9-11-18(12-10-16)23-20-13-14-30(15-19-7-5-6-8-21(19)28)25(20)29-17(2)22(23)24-26(31)33-27(3,4)32-24/h5-14,24H,15H2,1-4H3. The summed E-state index contributed by atoms with van der Waals surface area (Å²) in [6.07, 6.45) is 1.03. The monoisotopic (exact) mass is 444 g/mol. The summed E-state index contributed by atoms with van der Waals surface area (Å²) in [5.41, 5.74) is 5.65. The van der Waals surface area contributed by atoms with E-state index in [9.17, 15) is 9.18 Å². The number of aromatic nitrogens is 2. The molecule has 0 N–H and O–H groups in total. The van der Waals surface area contributed by atoms with Gasteiger partial charge in [0.25, 0.3) is 0 Å². The number of carbonyl (C=O) groups is 1. The predicted molar refractivity (Wildman–Crippen MR) is 124 cm³/mol. The van der Waals surface area contributed by atoms with Gasteiger partial charge in [-0.15, -0.1) is 0 Å². The highest BCUT2D eigenvalue weighted by molar-refractivity contribution is 5.98. The highest BCUT2D eigenvalue weighted by Crippen LogP contribution is 2.43. The molecule has 1 atom stereocenters. The van der Waals surface area contributed by atoms with Gasteiger partial charge in [-0.3, -0.25) is 0 Å². The topological polar surface area (TPSA) is 53.4 Å². The van der Waals surface area contributed by atoms with Gasteiger partial charge in [-0.1, -0.05) is 48.0 Å². The maximum absolute atomic E-state index is 14.3. The normalized spacial score (nSPS) is 17.5. The van der Waals surface area contributed by atoms with Crippen LogP contribution < -0.4 is 0 Å². The number of carbonyl (C=O) groups excluding carboxylic acids is 1. The van der Waals surface area contributed by atoms with Crippen molar-refractivity contribution in [2.45, 2.75) is 46.1 Å². The van der Waals surface area contributed by atoms with Crippen molar-refractivity contribution in [3.63, 3.8) is 0 Å². The fourth-order valence-electron chi connectivity index (χ4n) is 4.45. The molecule has 1 saturated heterocycles. The molecule has 0 saturated carbocycles. The van der Waals surface area contributed by atoms with Gasteiger partial charge in [-0.2, -0.15) is 0 Å². The molecule has 0 bridgehead atoms. The zero-order valence-corrected chi connectivity index (χ0v) is 19.1. The first-order valence-electron chi connectivity index (χ1n) is 10.9.